The highest BCUT2D eigenvalue weighted by Gasteiger charge is 2.19. The van der Waals surface area contributed by atoms with Gasteiger partial charge in [-0.1, -0.05) is 6.92 Å². The number of rotatable bonds is 4. The minimum atomic E-state index is -1.65. The van der Waals surface area contributed by atoms with Crippen molar-refractivity contribution < 1.29 is 18.5 Å². The van der Waals surface area contributed by atoms with E-state index in [1.807, 2.05) is 6.07 Å². The Kier molecular flexibility index (Phi) is 4.35. The van der Waals surface area contributed by atoms with E-state index >= 15 is 0 Å². The molecule has 2 atom stereocenters. The Labute approximate surface area is 100 Å². The molecule has 1 aromatic carbocycles. The lowest BCUT2D eigenvalue weighted by atomic mass is 10.2. The highest BCUT2D eigenvalue weighted by atomic mass is 32.2. The van der Waals surface area contributed by atoms with Gasteiger partial charge in [-0.2, -0.15) is 5.26 Å². The van der Waals surface area contributed by atoms with E-state index in [1.54, 1.807) is 6.92 Å². The normalized spacial score (nSPS) is 13.7. The average molecular weight is 255 g/mol. The molecule has 0 spiro atoms. The molecule has 1 rings (SSSR count). The summed E-state index contributed by atoms with van der Waals surface area (Å²) in [5, 5.41) is 16.8. The van der Waals surface area contributed by atoms with Crippen LogP contribution in [0, 0.1) is 17.1 Å². The third-order valence-electron chi connectivity index (χ3n) is 2.17. The van der Waals surface area contributed by atoms with Crippen molar-refractivity contribution in [2.24, 2.45) is 0 Å². The lowest BCUT2D eigenvalue weighted by Gasteiger charge is -2.07. The predicted molar refractivity (Wildman–Crippen MR) is 59.5 cm³/mol. The van der Waals surface area contributed by atoms with Gasteiger partial charge in [0.1, 0.15) is 11.1 Å². The molecular formula is C11H10FNO3S. The minimum absolute atomic E-state index is 0.150. The zero-order valence-electron chi connectivity index (χ0n) is 9.01. The number of halogens is 1. The second kappa shape index (κ2) is 5.55. The van der Waals surface area contributed by atoms with Gasteiger partial charge in [0.2, 0.25) is 0 Å². The molecule has 17 heavy (non-hydrogen) atoms. The molecule has 0 aromatic heterocycles. The summed E-state index contributed by atoms with van der Waals surface area (Å²) in [4.78, 5) is 10.9. The first-order valence-corrected chi connectivity index (χ1v) is 6.05. The Morgan fingerprint density at radius 2 is 2.29 bits per heavy atom. The zero-order valence-corrected chi connectivity index (χ0v) is 9.83. The van der Waals surface area contributed by atoms with Gasteiger partial charge in [-0.15, -0.1) is 0 Å². The highest BCUT2D eigenvalue weighted by Crippen LogP contribution is 2.17. The van der Waals surface area contributed by atoms with Crippen LogP contribution in [0.3, 0.4) is 0 Å². The van der Waals surface area contributed by atoms with E-state index in [0.717, 1.165) is 12.1 Å². The van der Waals surface area contributed by atoms with Crippen LogP contribution >= 0.6 is 0 Å². The molecule has 0 aliphatic heterocycles. The van der Waals surface area contributed by atoms with Crippen LogP contribution in [0.2, 0.25) is 0 Å². The standard InChI is InChI=1S/C11H10FNO3S/c1-2-7(6-13)17(16)8-3-4-10(12)9(5-8)11(14)15/h3-5,7H,2H2,1H3,(H,14,15). The third kappa shape index (κ3) is 2.88. The van der Waals surface area contributed by atoms with Gasteiger partial charge in [-0.05, 0) is 24.6 Å². The Hall–Kier alpha value is -1.74. The maximum atomic E-state index is 13.1. The van der Waals surface area contributed by atoms with Gasteiger partial charge in [0.25, 0.3) is 0 Å². The predicted octanol–water partition coefficient (Wildman–Crippen LogP) is 1.93. The van der Waals surface area contributed by atoms with E-state index in [1.165, 1.54) is 6.07 Å². The molecule has 2 unspecified atom stereocenters. The van der Waals surface area contributed by atoms with Crippen LogP contribution in [0.5, 0.6) is 0 Å². The van der Waals surface area contributed by atoms with Gasteiger partial charge in [0.05, 0.1) is 22.4 Å². The van der Waals surface area contributed by atoms with Gasteiger partial charge in [0.15, 0.2) is 0 Å². The number of aromatic carboxylic acids is 1. The van der Waals surface area contributed by atoms with Gasteiger partial charge >= 0.3 is 5.97 Å². The number of hydrogen-bond acceptors (Lipinski definition) is 3. The monoisotopic (exact) mass is 255 g/mol. The van der Waals surface area contributed by atoms with Crippen molar-refractivity contribution in [3.8, 4) is 6.07 Å². The van der Waals surface area contributed by atoms with E-state index in [-0.39, 0.29) is 4.90 Å². The number of hydrogen-bond donors (Lipinski definition) is 1. The lowest BCUT2D eigenvalue weighted by molar-refractivity contribution is 0.0691. The van der Waals surface area contributed by atoms with Crippen molar-refractivity contribution >= 4 is 16.8 Å². The number of benzene rings is 1. The molecular weight excluding hydrogens is 245 g/mol. The van der Waals surface area contributed by atoms with Gasteiger partial charge in [-0.25, -0.2) is 9.18 Å². The summed E-state index contributed by atoms with van der Waals surface area (Å²) < 4.78 is 25.0. The summed E-state index contributed by atoms with van der Waals surface area (Å²) in [5.74, 6) is -2.31. The molecule has 1 aromatic rings. The lowest BCUT2D eigenvalue weighted by Crippen LogP contribution is -2.12. The van der Waals surface area contributed by atoms with Gasteiger partial charge < -0.3 is 5.11 Å². The Morgan fingerprint density at radius 1 is 1.65 bits per heavy atom. The molecule has 0 aliphatic carbocycles. The van der Waals surface area contributed by atoms with Crippen molar-refractivity contribution in [1.82, 2.24) is 0 Å². The Bertz CT molecular complexity index is 510. The van der Waals surface area contributed by atoms with Crippen LogP contribution in [0.4, 0.5) is 4.39 Å². The van der Waals surface area contributed by atoms with E-state index in [4.69, 9.17) is 10.4 Å². The molecule has 0 heterocycles. The fourth-order valence-corrected chi connectivity index (χ4v) is 2.41. The van der Waals surface area contributed by atoms with Crippen LogP contribution < -0.4 is 0 Å². The van der Waals surface area contributed by atoms with Gasteiger partial charge in [0, 0.05) is 4.90 Å². The molecule has 0 bridgehead atoms. The zero-order chi connectivity index (χ0) is 13.0. The maximum absolute atomic E-state index is 13.1. The van der Waals surface area contributed by atoms with Crippen LogP contribution in [0.15, 0.2) is 23.1 Å². The summed E-state index contributed by atoms with van der Waals surface area (Å²) in [7, 11) is -1.65. The Balaban J connectivity index is 3.17. The molecule has 0 radical (unpaired) electrons. The number of nitrogens with zero attached hydrogens (tertiary/aromatic N) is 1. The molecule has 0 saturated heterocycles. The summed E-state index contributed by atoms with van der Waals surface area (Å²) in [6.07, 6.45) is 0.378. The van der Waals surface area contributed by atoms with Crippen molar-refractivity contribution in [3.63, 3.8) is 0 Å². The van der Waals surface area contributed by atoms with E-state index in [9.17, 15) is 13.4 Å². The maximum Gasteiger partial charge on any atom is 0.338 e. The first kappa shape index (κ1) is 13.3. The molecule has 0 amide bonds. The summed E-state index contributed by atoms with van der Waals surface area (Å²) in [6.45, 7) is 1.70. The van der Waals surface area contributed by atoms with Crippen LogP contribution in [0.25, 0.3) is 0 Å². The highest BCUT2D eigenvalue weighted by molar-refractivity contribution is 7.86. The first-order valence-electron chi connectivity index (χ1n) is 4.84. The van der Waals surface area contributed by atoms with Crippen molar-refractivity contribution in [2.75, 3.05) is 0 Å². The largest absolute Gasteiger partial charge is 0.478 e. The summed E-state index contributed by atoms with van der Waals surface area (Å²) in [6, 6.07) is 5.06. The van der Waals surface area contributed by atoms with E-state index in [2.05, 4.69) is 0 Å². The van der Waals surface area contributed by atoms with Crippen molar-refractivity contribution in [1.29, 1.82) is 5.26 Å². The topological polar surface area (TPSA) is 78.2 Å². The SMILES string of the molecule is CCC(C#N)S(=O)c1ccc(F)c(C(=O)O)c1. The summed E-state index contributed by atoms with van der Waals surface area (Å²) >= 11 is 0. The molecule has 1 N–H and O–H groups in total. The second-order valence-corrected chi connectivity index (χ2v) is 4.91. The minimum Gasteiger partial charge on any atom is -0.478 e. The molecule has 6 heteroatoms. The van der Waals surface area contributed by atoms with Crippen LogP contribution in [-0.2, 0) is 10.8 Å². The molecule has 0 aliphatic rings. The van der Waals surface area contributed by atoms with Crippen LogP contribution in [-0.4, -0.2) is 20.5 Å². The number of nitriles is 1. The third-order valence-corrected chi connectivity index (χ3v) is 3.85. The number of carbonyl (C=O) groups is 1. The van der Waals surface area contributed by atoms with Crippen molar-refractivity contribution in [2.45, 2.75) is 23.5 Å². The Morgan fingerprint density at radius 3 is 2.76 bits per heavy atom. The number of carboxylic acid groups (broad SMARTS) is 1. The average Bonchev–Trinajstić information content (AvgIpc) is 2.30. The van der Waals surface area contributed by atoms with Crippen molar-refractivity contribution in [3.05, 3.63) is 29.6 Å². The van der Waals surface area contributed by atoms with E-state index in [0.29, 0.717) is 6.42 Å². The van der Waals surface area contributed by atoms with Crippen LogP contribution in [0.1, 0.15) is 23.7 Å². The molecule has 0 fully saturated rings. The van der Waals surface area contributed by atoms with Gasteiger partial charge in [-0.3, -0.25) is 4.21 Å². The fraction of sp³-hybridized carbons (Fsp3) is 0.273. The molecule has 4 nitrogen and oxygen atoms in total. The quantitative estimate of drug-likeness (QED) is 0.891. The number of carboxylic acids is 1. The fourth-order valence-electron chi connectivity index (χ4n) is 1.25. The smallest absolute Gasteiger partial charge is 0.338 e. The molecule has 90 valence electrons. The first-order chi connectivity index (χ1) is 8.01. The van der Waals surface area contributed by atoms with E-state index < -0.39 is 33.4 Å². The molecule has 0 saturated carbocycles. The second-order valence-electron chi connectivity index (χ2n) is 3.27. The summed E-state index contributed by atoms with van der Waals surface area (Å²) in [5.41, 5.74) is -0.538.